The SMILES string of the molecule is CNC(=O)c1ccc(Sc2cccs2)c(N)c1. The summed E-state index contributed by atoms with van der Waals surface area (Å²) in [5.41, 5.74) is 7.15. The second-order valence-corrected chi connectivity index (χ2v) is 5.66. The highest BCUT2D eigenvalue weighted by molar-refractivity contribution is 8.01. The van der Waals surface area contributed by atoms with Crippen molar-refractivity contribution in [3.8, 4) is 0 Å². The van der Waals surface area contributed by atoms with E-state index in [-0.39, 0.29) is 5.91 Å². The minimum atomic E-state index is -0.121. The van der Waals surface area contributed by atoms with Gasteiger partial charge in [0, 0.05) is 23.2 Å². The molecule has 1 amide bonds. The molecule has 3 N–H and O–H groups in total. The Morgan fingerprint density at radius 1 is 1.41 bits per heavy atom. The molecule has 0 spiro atoms. The molecule has 0 saturated carbocycles. The predicted octanol–water partition coefficient (Wildman–Crippen LogP) is 2.84. The first-order valence-corrected chi connectivity index (χ1v) is 6.73. The molecule has 0 saturated heterocycles. The van der Waals surface area contributed by atoms with Crippen LogP contribution in [-0.2, 0) is 0 Å². The highest BCUT2D eigenvalue weighted by Gasteiger charge is 2.07. The van der Waals surface area contributed by atoms with E-state index in [9.17, 15) is 4.79 Å². The van der Waals surface area contributed by atoms with Gasteiger partial charge in [0.2, 0.25) is 0 Å². The number of hydrogen-bond donors (Lipinski definition) is 2. The number of carbonyl (C=O) groups is 1. The van der Waals surface area contributed by atoms with Crippen LogP contribution in [0.15, 0.2) is 44.8 Å². The molecule has 88 valence electrons. The highest BCUT2D eigenvalue weighted by atomic mass is 32.2. The molecule has 2 rings (SSSR count). The van der Waals surface area contributed by atoms with Crippen LogP contribution in [0.4, 0.5) is 5.69 Å². The van der Waals surface area contributed by atoms with Gasteiger partial charge in [-0.3, -0.25) is 4.79 Å². The second kappa shape index (κ2) is 5.25. The molecule has 0 atom stereocenters. The quantitative estimate of drug-likeness (QED) is 0.838. The highest BCUT2D eigenvalue weighted by Crippen LogP contribution is 2.35. The Labute approximate surface area is 108 Å². The summed E-state index contributed by atoms with van der Waals surface area (Å²) in [5, 5.41) is 4.60. The van der Waals surface area contributed by atoms with Crippen molar-refractivity contribution in [1.82, 2.24) is 5.32 Å². The molecule has 0 unspecified atom stereocenters. The van der Waals surface area contributed by atoms with Crippen molar-refractivity contribution in [1.29, 1.82) is 0 Å². The first-order chi connectivity index (χ1) is 8.20. The summed E-state index contributed by atoms with van der Waals surface area (Å²) >= 11 is 3.28. The van der Waals surface area contributed by atoms with E-state index in [2.05, 4.69) is 5.32 Å². The molecule has 0 aliphatic carbocycles. The standard InChI is InChI=1S/C12H12N2OS2/c1-14-12(15)8-4-5-10(9(13)7-8)17-11-3-2-6-16-11/h2-7H,13H2,1H3,(H,14,15). The van der Waals surface area contributed by atoms with Gasteiger partial charge < -0.3 is 11.1 Å². The first kappa shape index (κ1) is 12.0. The van der Waals surface area contributed by atoms with Gasteiger partial charge >= 0.3 is 0 Å². The summed E-state index contributed by atoms with van der Waals surface area (Å²) < 4.78 is 1.18. The number of amides is 1. The Morgan fingerprint density at radius 2 is 2.24 bits per heavy atom. The predicted molar refractivity (Wildman–Crippen MR) is 72.7 cm³/mol. The third-order valence-corrected chi connectivity index (χ3v) is 4.33. The maximum absolute atomic E-state index is 11.4. The Balaban J connectivity index is 2.23. The fraction of sp³-hybridized carbons (Fsp3) is 0.0833. The molecule has 3 nitrogen and oxygen atoms in total. The van der Waals surface area contributed by atoms with Crippen molar-refractivity contribution >= 4 is 34.7 Å². The summed E-state index contributed by atoms with van der Waals surface area (Å²) in [6.45, 7) is 0. The van der Waals surface area contributed by atoms with Crippen LogP contribution < -0.4 is 11.1 Å². The fourth-order valence-electron chi connectivity index (χ4n) is 1.36. The summed E-state index contributed by atoms with van der Waals surface area (Å²) in [5.74, 6) is -0.121. The van der Waals surface area contributed by atoms with Crippen LogP contribution in [0.1, 0.15) is 10.4 Å². The molecular formula is C12H12N2OS2. The Hall–Kier alpha value is -1.46. The van der Waals surface area contributed by atoms with Gasteiger partial charge in [-0.15, -0.1) is 11.3 Å². The number of hydrogen-bond acceptors (Lipinski definition) is 4. The van der Waals surface area contributed by atoms with Gasteiger partial charge in [0.25, 0.3) is 5.91 Å². The molecule has 0 aliphatic rings. The smallest absolute Gasteiger partial charge is 0.251 e. The van der Waals surface area contributed by atoms with Crippen LogP contribution >= 0.6 is 23.1 Å². The average Bonchev–Trinajstić information content (AvgIpc) is 2.83. The first-order valence-electron chi connectivity index (χ1n) is 5.03. The molecule has 5 heteroatoms. The van der Waals surface area contributed by atoms with E-state index in [0.717, 1.165) is 4.90 Å². The summed E-state index contributed by atoms with van der Waals surface area (Å²) in [6, 6.07) is 9.41. The number of benzene rings is 1. The third kappa shape index (κ3) is 2.81. The number of anilines is 1. The van der Waals surface area contributed by atoms with Crippen molar-refractivity contribution < 1.29 is 4.79 Å². The monoisotopic (exact) mass is 264 g/mol. The molecule has 17 heavy (non-hydrogen) atoms. The topological polar surface area (TPSA) is 55.1 Å². The zero-order valence-electron chi connectivity index (χ0n) is 9.27. The van der Waals surface area contributed by atoms with Gasteiger partial charge in [0.1, 0.15) is 0 Å². The van der Waals surface area contributed by atoms with E-state index in [1.807, 2.05) is 23.6 Å². The molecule has 1 aromatic heterocycles. The molecule has 0 aliphatic heterocycles. The molecule has 1 heterocycles. The Bertz CT molecular complexity index is 523. The Morgan fingerprint density at radius 3 is 2.82 bits per heavy atom. The minimum absolute atomic E-state index is 0.121. The maximum Gasteiger partial charge on any atom is 0.251 e. The maximum atomic E-state index is 11.4. The molecule has 0 bridgehead atoms. The van der Waals surface area contributed by atoms with Crippen LogP contribution in [0.25, 0.3) is 0 Å². The van der Waals surface area contributed by atoms with Gasteiger partial charge in [0.05, 0.1) is 4.21 Å². The number of rotatable bonds is 3. The zero-order chi connectivity index (χ0) is 12.3. The number of carbonyl (C=O) groups excluding carboxylic acids is 1. The van der Waals surface area contributed by atoms with E-state index < -0.39 is 0 Å². The average molecular weight is 264 g/mol. The van der Waals surface area contributed by atoms with Crippen LogP contribution in [0, 0.1) is 0 Å². The second-order valence-electron chi connectivity index (χ2n) is 3.37. The lowest BCUT2D eigenvalue weighted by atomic mass is 10.2. The summed E-state index contributed by atoms with van der Waals surface area (Å²) in [6.07, 6.45) is 0. The van der Waals surface area contributed by atoms with Crippen molar-refractivity contribution in [2.24, 2.45) is 0 Å². The van der Waals surface area contributed by atoms with Crippen molar-refractivity contribution in [3.63, 3.8) is 0 Å². The van der Waals surface area contributed by atoms with E-state index in [4.69, 9.17) is 5.73 Å². The molecular weight excluding hydrogens is 252 g/mol. The van der Waals surface area contributed by atoms with Gasteiger partial charge in [-0.1, -0.05) is 17.8 Å². The van der Waals surface area contributed by atoms with Crippen LogP contribution in [0.3, 0.4) is 0 Å². The van der Waals surface area contributed by atoms with Gasteiger partial charge in [0.15, 0.2) is 0 Å². The molecule has 1 aromatic carbocycles. The zero-order valence-corrected chi connectivity index (χ0v) is 10.9. The molecule has 2 aromatic rings. The van der Waals surface area contributed by atoms with Gasteiger partial charge in [-0.25, -0.2) is 0 Å². The van der Waals surface area contributed by atoms with Crippen LogP contribution in [-0.4, -0.2) is 13.0 Å². The fourth-order valence-corrected chi connectivity index (χ4v) is 3.11. The number of thiophene rings is 1. The van der Waals surface area contributed by atoms with Crippen LogP contribution in [0.5, 0.6) is 0 Å². The molecule has 0 fully saturated rings. The van der Waals surface area contributed by atoms with E-state index in [1.165, 1.54) is 4.21 Å². The lowest BCUT2D eigenvalue weighted by molar-refractivity contribution is 0.0963. The van der Waals surface area contributed by atoms with E-state index in [0.29, 0.717) is 11.3 Å². The summed E-state index contributed by atoms with van der Waals surface area (Å²) in [4.78, 5) is 12.4. The number of nitrogen functional groups attached to an aromatic ring is 1. The van der Waals surface area contributed by atoms with Crippen LogP contribution in [0.2, 0.25) is 0 Å². The van der Waals surface area contributed by atoms with Crippen molar-refractivity contribution in [2.45, 2.75) is 9.10 Å². The summed E-state index contributed by atoms with van der Waals surface area (Å²) in [7, 11) is 1.60. The van der Waals surface area contributed by atoms with E-state index >= 15 is 0 Å². The van der Waals surface area contributed by atoms with Gasteiger partial charge in [-0.05, 0) is 29.6 Å². The lowest BCUT2D eigenvalue weighted by Gasteiger charge is -2.06. The largest absolute Gasteiger partial charge is 0.398 e. The van der Waals surface area contributed by atoms with E-state index in [1.54, 1.807) is 42.3 Å². The Kier molecular flexibility index (Phi) is 3.71. The van der Waals surface area contributed by atoms with Crippen molar-refractivity contribution in [3.05, 3.63) is 41.3 Å². The third-order valence-electron chi connectivity index (χ3n) is 2.20. The van der Waals surface area contributed by atoms with Gasteiger partial charge in [-0.2, -0.15) is 0 Å². The number of nitrogens with one attached hydrogen (secondary N) is 1. The number of nitrogens with two attached hydrogens (primary N) is 1. The normalized spacial score (nSPS) is 10.2. The molecule has 0 radical (unpaired) electrons. The lowest BCUT2D eigenvalue weighted by Crippen LogP contribution is -2.17. The minimum Gasteiger partial charge on any atom is -0.398 e. The van der Waals surface area contributed by atoms with Crippen molar-refractivity contribution in [2.75, 3.05) is 12.8 Å².